The Balaban J connectivity index is 1.94. The van der Waals surface area contributed by atoms with Gasteiger partial charge < -0.3 is 0 Å². The van der Waals surface area contributed by atoms with E-state index >= 15 is 0 Å². The maximum Gasteiger partial charge on any atom is 0.229 e. The maximum atomic E-state index is 11.8. The lowest BCUT2D eigenvalue weighted by Gasteiger charge is -2.14. The normalized spacial score (nSPS) is 13.3. The van der Waals surface area contributed by atoms with Crippen LogP contribution in [0.1, 0.15) is 27.8 Å². The van der Waals surface area contributed by atoms with Crippen LogP contribution in [0.5, 0.6) is 0 Å². The molecule has 0 heterocycles. The van der Waals surface area contributed by atoms with Gasteiger partial charge in [-0.1, -0.05) is 66.7 Å². The van der Waals surface area contributed by atoms with Gasteiger partial charge in [0, 0.05) is 0 Å². The molecule has 1 aliphatic rings. The molecule has 0 saturated carbocycles. The van der Waals surface area contributed by atoms with Crippen LogP contribution in [0.15, 0.2) is 72.8 Å². The molecule has 0 amide bonds. The van der Waals surface area contributed by atoms with Gasteiger partial charge in [0.25, 0.3) is 0 Å². The first-order valence-electron chi connectivity index (χ1n) is 8.96. The number of hydrogen-bond donors (Lipinski definition) is 1. The van der Waals surface area contributed by atoms with Crippen LogP contribution in [0.25, 0.3) is 11.6 Å². The molecule has 27 heavy (non-hydrogen) atoms. The van der Waals surface area contributed by atoms with Gasteiger partial charge in [-0.15, -0.1) is 0 Å². The van der Waals surface area contributed by atoms with Crippen molar-refractivity contribution in [3.8, 4) is 0 Å². The molecule has 0 unspecified atom stereocenters. The van der Waals surface area contributed by atoms with Crippen molar-refractivity contribution in [3.05, 3.63) is 101 Å². The summed E-state index contributed by atoms with van der Waals surface area (Å²) < 4.78 is 26.2. The summed E-state index contributed by atoms with van der Waals surface area (Å²) in [6.45, 7) is 0. The van der Waals surface area contributed by atoms with Gasteiger partial charge in [-0.2, -0.15) is 0 Å². The molecule has 0 atom stereocenters. The molecule has 0 bridgehead atoms. The molecule has 3 aromatic rings. The van der Waals surface area contributed by atoms with Gasteiger partial charge in [0.2, 0.25) is 10.0 Å². The number of rotatable bonds is 3. The molecular weight excluding hydrogens is 354 g/mol. The highest BCUT2D eigenvalue weighted by Gasteiger charge is 2.18. The Morgan fingerprint density at radius 3 is 1.89 bits per heavy atom. The summed E-state index contributed by atoms with van der Waals surface area (Å²) in [5.41, 5.74) is 7.60. The predicted molar refractivity (Wildman–Crippen MR) is 112 cm³/mol. The third-order valence-electron chi connectivity index (χ3n) is 4.83. The van der Waals surface area contributed by atoms with Crippen LogP contribution in [0, 0.1) is 0 Å². The molecule has 1 aliphatic carbocycles. The van der Waals surface area contributed by atoms with E-state index in [1.54, 1.807) is 6.07 Å². The number of nitrogens with one attached hydrogen (secondary N) is 1. The molecule has 3 aromatic carbocycles. The van der Waals surface area contributed by atoms with Crippen molar-refractivity contribution in [1.82, 2.24) is 0 Å². The van der Waals surface area contributed by atoms with E-state index < -0.39 is 10.0 Å². The zero-order chi connectivity index (χ0) is 18.9. The topological polar surface area (TPSA) is 46.2 Å². The zero-order valence-corrected chi connectivity index (χ0v) is 16.0. The molecule has 0 aromatic heterocycles. The number of para-hydroxylation sites is 1. The summed E-state index contributed by atoms with van der Waals surface area (Å²) in [5, 5.41) is 0. The summed E-state index contributed by atoms with van der Waals surface area (Å²) in [7, 11) is -3.35. The Bertz CT molecular complexity index is 1080. The van der Waals surface area contributed by atoms with E-state index in [1.165, 1.54) is 28.5 Å². The highest BCUT2D eigenvalue weighted by molar-refractivity contribution is 7.92. The van der Waals surface area contributed by atoms with E-state index in [4.69, 9.17) is 0 Å². The van der Waals surface area contributed by atoms with Gasteiger partial charge in [0.15, 0.2) is 0 Å². The Hall–Kier alpha value is -2.85. The van der Waals surface area contributed by atoms with E-state index in [-0.39, 0.29) is 0 Å². The molecule has 0 fully saturated rings. The van der Waals surface area contributed by atoms with Crippen LogP contribution < -0.4 is 4.72 Å². The van der Waals surface area contributed by atoms with E-state index in [0.29, 0.717) is 5.69 Å². The molecule has 0 aliphatic heterocycles. The highest BCUT2D eigenvalue weighted by atomic mass is 32.2. The molecule has 136 valence electrons. The van der Waals surface area contributed by atoms with Gasteiger partial charge >= 0.3 is 0 Å². The fourth-order valence-corrected chi connectivity index (χ4v) is 4.23. The minimum absolute atomic E-state index is 0.590. The molecule has 4 rings (SSSR count). The number of hydrogen-bond acceptors (Lipinski definition) is 2. The first kappa shape index (κ1) is 17.6. The zero-order valence-electron chi connectivity index (χ0n) is 15.1. The minimum Gasteiger partial charge on any atom is -0.283 e. The molecule has 0 spiro atoms. The lowest BCUT2D eigenvalue weighted by atomic mass is 9.92. The van der Waals surface area contributed by atoms with E-state index in [9.17, 15) is 8.42 Å². The van der Waals surface area contributed by atoms with Crippen LogP contribution >= 0.6 is 0 Å². The Morgan fingerprint density at radius 1 is 0.778 bits per heavy atom. The maximum absolute atomic E-state index is 11.8. The number of sulfonamides is 1. The number of aryl methyl sites for hydroxylation is 2. The monoisotopic (exact) mass is 375 g/mol. The standard InChI is InChI=1S/C23H21NO2S/c1-27(25,26)24-23-13-7-4-10-19(23)16-22-20-11-5-2-8-17(20)14-15-18-9-3-6-12-21(18)22/h2-13,16,24H,14-15H2,1H3. The quantitative estimate of drug-likeness (QED) is 0.718. The van der Waals surface area contributed by atoms with Crippen molar-refractivity contribution < 1.29 is 8.42 Å². The molecular formula is C23H21NO2S. The molecule has 3 nitrogen and oxygen atoms in total. The first-order chi connectivity index (χ1) is 13.0. The van der Waals surface area contributed by atoms with Crippen molar-refractivity contribution >= 4 is 27.4 Å². The summed E-state index contributed by atoms with van der Waals surface area (Å²) >= 11 is 0. The summed E-state index contributed by atoms with van der Waals surface area (Å²) in [5.74, 6) is 0. The van der Waals surface area contributed by atoms with Crippen LogP contribution in [-0.2, 0) is 22.9 Å². The molecule has 1 N–H and O–H groups in total. The van der Waals surface area contributed by atoms with Crippen molar-refractivity contribution in [2.24, 2.45) is 0 Å². The second-order valence-corrected chi connectivity index (χ2v) is 8.58. The smallest absolute Gasteiger partial charge is 0.229 e. The Morgan fingerprint density at radius 2 is 1.30 bits per heavy atom. The van der Waals surface area contributed by atoms with Crippen molar-refractivity contribution in [2.75, 3.05) is 11.0 Å². The van der Waals surface area contributed by atoms with Crippen LogP contribution in [0.4, 0.5) is 5.69 Å². The van der Waals surface area contributed by atoms with Crippen LogP contribution in [-0.4, -0.2) is 14.7 Å². The third-order valence-corrected chi connectivity index (χ3v) is 5.43. The second-order valence-electron chi connectivity index (χ2n) is 6.83. The minimum atomic E-state index is -3.35. The lowest BCUT2D eigenvalue weighted by Crippen LogP contribution is -2.10. The van der Waals surface area contributed by atoms with Crippen molar-refractivity contribution in [2.45, 2.75) is 12.8 Å². The number of anilines is 1. The summed E-state index contributed by atoms with van der Waals surface area (Å²) in [6.07, 6.45) is 5.26. The summed E-state index contributed by atoms with van der Waals surface area (Å²) in [4.78, 5) is 0. The average Bonchev–Trinajstić information content (AvgIpc) is 2.80. The molecule has 0 radical (unpaired) electrons. The predicted octanol–water partition coefficient (Wildman–Crippen LogP) is 4.75. The Kier molecular flexibility index (Phi) is 4.58. The highest BCUT2D eigenvalue weighted by Crippen LogP contribution is 2.35. The molecule has 0 saturated heterocycles. The fourth-order valence-electron chi connectivity index (χ4n) is 3.64. The van der Waals surface area contributed by atoms with Crippen LogP contribution in [0.2, 0.25) is 0 Å². The first-order valence-corrected chi connectivity index (χ1v) is 10.9. The second kappa shape index (κ2) is 7.05. The van der Waals surface area contributed by atoms with Crippen LogP contribution in [0.3, 0.4) is 0 Å². The van der Waals surface area contributed by atoms with Gasteiger partial charge in [0.05, 0.1) is 11.9 Å². The largest absolute Gasteiger partial charge is 0.283 e. The molecule has 4 heteroatoms. The number of fused-ring (bicyclic) bond motifs is 2. The Labute approximate surface area is 160 Å². The lowest BCUT2D eigenvalue weighted by molar-refractivity contribution is 0.607. The SMILES string of the molecule is CS(=O)(=O)Nc1ccccc1C=C1c2ccccc2CCc2ccccc21. The van der Waals surface area contributed by atoms with Gasteiger partial charge in [-0.3, -0.25) is 4.72 Å². The van der Waals surface area contributed by atoms with Gasteiger partial charge in [-0.05, 0) is 58.4 Å². The van der Waals surface area contributed by atoms with E-state index in [1.807, 2.05) is 18.2 Å². The van der Waals surface area contributed by atoms with Crippen molar-refractivity contribution in [1.29, 1.82) is 0 Å². The van der Waals surface area contributed by atoms with E-state index in [0.717, 1.165) is 24.0 Å². The average molecular weight is 375 g/mol. The fraction of sp³-hybridized carbons (Fsp3) is 0.130. The van der Waals surface area contributed by atoms with Gasteiger partial charge in [-0.25, -0.2) is 8.42 Å². The number of benzene rings is 3. The van der Waals surface area contributed by atoms with Gasteiger partial charge in [0.1, 0.15) is 0 Å². The van der Waals surface area contributed by atoms with E-state index in [2.05, 4.69) is 59.3 Å². The summed E-state index contributed by atoms with van der Waals surface area (Å²) in [6, 6.07) is 24.4. The van der Waals surface area contributed by atoms with Crippen molar-refractivity contribution in [3.63, 3.8) is 0 Å². The third kappa shape index (κ3) is 3.81.